The van der Waals surface area contributed by atoms with E-state index in [9.17, 15) is 31.2 Å². The van der Waals surface area contributed by atoms with E-state index in [2.05, 4.69) is 12.2 Å². The molecule has 39 heavy (non-hydrogen) atoms. The van der Waals surface area contributed by atoms with Gasteiger partial charge in [0.05, 0.1) is 11.5 Å². The van der Waals surface area contributed by atoms with E-state index in [1.165, 1.54) is 20.7 Å². The molecule has 12 heteroatoms. The molecule has 0 bridgehead atoms. The van der Waals surface area contributed by atoms with Crippen LogP contribution in [0, 0.1) is 11.8 Å². The minimum Gasteiger partial charge on any atom is -0.350 e. The number of nitrogens with one attached hydrogen (secondary N) is 1. The molecule has 0 aromatic heterocycles. The van der Waals surface area contributed by atoms with Crippen LogP contribution in [0.5, 0.6) is 0 Å². The molecule has 1 aromatic rings. The van der Waals surface area contributed by atoms with Gasteiger partial charge < -0.3 is 10.2 Å². The Morgan fingerprint density at radius 1 is 0.974 bits per heavy atom. The fourth-order valence-electron chi connectivity index (χ4n) is 5.75. The van der Waals surface area contributed by atoms with E-state index in [0.717, 1.165) is 37.8 Å². The van der Waals surface area contributed by atoms with Crippen molar-refractivity contribution in [2.45, 2.75) is 77.1 Å². The first-order valence-electron chi connectivity index (χ1n) is 14.0. The number of piperidine rings is 1. The van der Waals surface area contributed by atoms with Crippen LogP contribution in [0.1, 0.15) is 69.4 Å². The van der Waals surface area contributed by atoms with Crippen molar-refractivity contribution in [2.24, 2.45) is 11.8 Å². The Balaban J connectivity index is 1.30. The molecule has 0 spiro atoms. The number of carbonyl (C=O) groups excluding carboxylic acids is 2. The van der Waals surface area contributed by atoms with Crippen LogP contribution in [-0.4, -0.2) is 72.5 Å². The minimum atomic E-state index is -4.42. The molecule has 8 nitrogen and oxygen atoms in total. The first-order chi connectivity index (χ1) is 18.5. The van der Waals surface area contributed by atoms with Crippen molar-refractivity contribution in [3.05, 3.63) is 35.4 Å². The lowest BCUT2D eigenvalue weighted by atomic mass is 9.96. The second-order valence-corrected chi connectivity index (χ2v) is 12.9. The van der Waals surface area contributed by atoms with Crippen molar-refractivity contribution in [1.29, 1.82) is 0 Å². The SMILES string of the molecule is CCCCCC1CN(S(=O)(=O)N2CCC[C@H](C(=O)N3CCC[C@@H]3C(=O)NCc3ccc(C(F)(F)F)cc3)C2)C1. The maximum atomic E-state index is 13.4. The van der Waals surface area contributed by atoms with Gasteiger partial charge in [-0.2, -0.15) is 30.2 Å². The van der Waals surface area contributed by atoms with Gasteiger partial charge in [-0.15, -0.1) is 0 Å². The van der Waals surface area contributed by atoms with E-state index >= 15 is 0 Å². The Kier molecular flexibility index (Phi) is 9.59. The van der Waals surface area contributed by atoms with Gasteiger partial charge in [-0.05, 0) is 55.7 Å². The molecule has 3 aliphatic rings. The summed E-state index contributed by atoms with van der Waals surface area (Å²) >= 11 is 0. The normalized spacial score (nSPS) is 23.5. The molecule has 3 saturated heterocycles. The predicted molar refractivity (Wildman–Crippen MR) is 140 cm³/mol. The molecule has 0 saturated carbocycles. The molecule has 0 aliphatic carbocycles. The predicted octanol–water partition coefficient (Wildman–Crippen LogP) is 3.78. The van der Waals surface area contributed by atoms with E-state index in [1.54, 1.807) is 4.90 Å². The zero-order chi connectivity index (χ0) is 28.2. The standard InChI is InChI=1S/C27H39F3N4O4S/c1-2-3-4-7-21-17-33(18-21)39(37,38)32-14-5-8-22(19-32)26(36)34-15-6-9-24(34)25(35)31-16-20-10-12-23(13-11-20)27(28,29)30/h10-13,21-22,24H,2-9,14-19H2,1H3,(H,31,35)/t22-,24+/m0/s1. The molecule has 1 aromatic carbocycles. The lowest BCUT2D eigenvalue weighted by molar-refractivity contribution is -0.142. The Bertz CT molecular complexity index is 1110. The number of amides is 2. The van der Waals surface area contributed by atoms with Crippen LogP contribution in [0.4, 0.5) is 13.2 Å². The number of carbonyl (C=O) groups is 2. The summed E-state index contributed by atoms with van der Waals surface area (Å²) in [4.78, 5) is 27.9. The first-order valence-corrected chi connectivity index (χ1v) is 15.4. The van der Waals surface area contributed by atoms with Crippen molar-refractivity contribution < 1.29 is 31.2 Å². The molecule has 2 atom stereocenters. The van der Waals surface area contributed by atoms with Crippen LogP contribution in [0.3, 0.4) is 0 Å². The van der Waals surface area contributed by atoms with Gasteiger partial charge in [0.2, 0.25) is 11.8 Å². The van der Waals surface area contributed by atoms with Crippen LogP contribution in [0.15, 0.2) is 24.3 Å². The molecule has 218 valence electrons. The summed E-state index contributed by atoms with van der Waals surface area (Å²) in [5, 5.41) is 2.75. The van der Waals surface area contributed by atoms with E-state index in [-0.39, 0.29) is 24.9 Å². The molecule has 2 amide bonds. The third-order valence-electron chi connectivity index (χ3n) is 8.11. The van der Waals surface area contributed by atoms with Crippen LogP contribution in [-0.2, 0) is 32.5 Å². The molecular formula is C27H39F3N4O4S. The van der Waals surface area contributed by atoms with Crippen molar-refractivity contribution in [2.75, 3.05) is 32.7 Å². The van der Waals surface area contributed by atoms with Gasteiger partial charge in [0, 0.05) is 39.3 Å². The van der Waals surface area contributed by atoms with Crippen LogP contribution >= 0.6 is 0 Å². The lowest BCUT2D eigenvalue weighted by Gasteiger charge is -2.43. The maximum absolute atomic E-state index is 13.4. The molecule has 0 unspecified atom stereocenters. The van der Waals surface area contributed by atoms with Crippen molar-refractivity contribution in [3.8, 4) is 0 Å². The number of likely N-dealkylation sites (tertiary alicyclic amines) is 1. The lowest BCUT2D eigenvalue weighted by Crippen LogP contribution is -2.58. The third kappa shape index (κ3) is 7.13. The van der Waals surface area contributed by atoms with Gasteiger partial charge in [0.25, 0.3) is 10.2 Å². The van der Waals surface area contributed by atoms with Crippen molar-refractivity contribution in [1.82, 2.24) is 18.8 Å². The van der Waals surface area contributed by atoms with E-state index in [4.69, 9.17) is 0 Å². The number of hydrogen-bond donors (Lipinski definition) is 1. The highest BCUT2D eigenvalue weighted by Gasteiger charge is 2.43. The minimum absolute atomic E-state index is 0.0558. The second kappa shape index (κ2) is 12.6. The van der Waals surface area contributed by atoms with Gasteiger partial charge in [0.1, 0.15) is 6.04 Å². The van der Waals surface area contributed by atoms with Crippen molar-refractivity contribution >= 4 is 22.0 Å². The zero-order valence-electron chi connectivity index (χ0n) is 22.5. The highest BCUT2D eigenvalue weighted by atomic mass is 32.2. The average molecular weight is 573 g/mol. The average Bonchev–Trinajstić information content (AvgIpc) is 3.38. The number of unbranched alkanes of at least 4 members (excludes halogenated alkanes) is 2. The quantitative estimate of drug-likeness (QED) is 0.432. The highest BCUT2D eigenvalue weighted by Crippen LogP contribution is 2.31. The fraction of sp³-hybridized carbons (Fsp3) is 0.704. The Morgan fingerprint density at radius 3 is 2.33 bits per heavy atom. The van der Waals surface area contributed by atoms with Crippen LogP contribution in [0.2, 0.25) is 0 Å². The van der Waals surface area contributed by atoms with Gasteiger partial charge in [-0.3, -0.25) is 9.59 Å². The summed E-state index contributed by atoms with van der Waals surface area (Å²) in [6.45, 7) is 4.20. The number of rotatable bonds is 10. The van der Waals surface area contributed by atoms with E-state index in [1.807, 2.05) is 0 Å². The number of benzene rings is 1. The summed E-state index contributed by atoms with van der Waals surface area (Å²) < 4.78 is 67.7. The molecule has 0 radical (unpaired) electrons. The van der Waals surface area contributed by atoms with Gasteiger partial charge >= 0.3 is 6.18 Å². The second-order valence-electron chi connectivity index (χ2n) is 11.0. The topological polar surface area (TPSA) is 90.0 Å². The third-order valence-corrected chi connectivity index (χ3v) is 10.0. The number of alkyl halides is 3. The van der Waals surface area contributed by atoms with E-state index < -0.39 is 33.9 Å². The monoisotopic (exact) mass is 572 g/mol. The largest absolute Gasteiger partial charge is 0.416 e. The Hall–Kier alpha value is -2.18. The number of hydrogen-bond acceptors (Lipinski definition) is 4. The Labute approximate surface area is 229 Å². The number of nitrogens with zero attached hydrogens (tertiary/aromatic N) is 3. The smallest absolute Gasteiger partial charge is 0.350 e. The molecule has 4 rings (SSSR count). The first kappa shape index (κ1) is 29.8. The fourth-order valence-corrected chi connectivity index (χ4v) is 7.60. The van der Waals surface area contributed by atoms with Gasteiger partial charge in [-0.25, -0.2) is 0 Å². The van der Waals surface area contributed by atoms with Crippen molar-refractivity contribution in [3.63, 3.8) is 0 Å². The van der Waals surface area contributed by atoms with Crippen LogP contribution in [0.25, 0.3) is 0 Å². The summed E-state index contributed by atoms with van der Waals surface area (Å²) in [6.07, 6.45) is 2.33. The maximum Gasteiger partial charge on any atom is 0.416 e. The van der Waals surface area contributed by atoms with E-state index in [0.29, 0.717) is 63.3 Å². The summed E-state index contributed by atoms with van der Waals surface area (Å²) in [6, 6.07) is 3.93. The summed E-state index contributed by atoms with van der Waals surface area (Å²) in [5.41, 5.74) is -0.228. The highest BCUT2D eigenvalue weighted by molar-refractivity contribution is 7.86. The molecular weight excluding hydrogens is 533 g/mol. The molecule has 3 aliphatic heterocycles. The number of halogens is 3. The van der Waals surface area contributed by atoms with Crippen LogP contribution < -0.4 is 5.32 Å². The molecule has 3 heterocycles. The van der Waals surface area contributed by atoms with Gasteiger partial charge in [0.15, 0.2) is 0 Å². The molecule has 1 N–H and O–H groups in total. The Morgan fingerprint density at radius 2 is 1.67 bits per heavy atom. The molecule has 3 fully saturated rings. The zero-order valence-corrected chi connectivity index (χ0v) is 23.3. The summed E-state index contributed by atoms with van der Waals surface area (Å²) in [5.74, 6) is -0.655. The van der Waals surface area contributed by atoms with Gasteiger partial charge in [-0.1, -0.05) is 38.3 Å². The summed E-state index contributed by atoms with van der Waals surface area (Å²) in [7, 11) is -3.61.